The summed E-state index contributed by atoms with van der Waals surface area (Å²) in [6.45, 7) is 6.40. The molecule has 0 aliphatic carbocycles. The van der Waals surface area contributed by atoms with Gasteiger partial charge in [0.15, 0.2) is 0 Å². The van der Waals surface area contributed by atoms with Crippen LogP contribution in [-0.4, -0.2) is 46.8 Å². The quantitative estimate of drug-likeness (QED) is 0.750. The molecule has 128 valence electrons. The van der Waals surface area contributed by atoms with Crippen molar-refractivity contribution in [3.8, 4) is 0 Å². The Kier molecular flexibility index (Phi) is 6.57. The van der Waals surface area contributed by atoms with Gasteiger partial charge in [-0.1, -0.05) is 32.9 Å². The number of carbonyl (C=O) groups is 2. The number of nitrogens with zero attached hydrogens (tertiary/aromatic N) is 1. The minimum absolute atomic E-state index is 0.00853. The summed E-state index contributed by atoms with van der Waals surface area (Å²) < 4.78 is 0. The second-order valence-corrected chi connectivity index (χ2v) is 6.87. The van der Waals surface area contributed by atoms with Crippen molar-refractivity contribution < 1.29 is 19.8 Å². The van der Waals surface area contributed by atoms with Crippen molar-refractivity contribution in [2.45, 2.75) is 39.8 Å². The topological polar surface area (TPSA) is 89.9 Å². The molecule has 1 rings (SSSR count). The first-order valence-electron chi connectivity index (χ1n) is 7.58. The highest BCUT2D eigenvalue weighted by atomic mass is 16.4. The zero-order valence-corrected chi connectivity index (χ0v) is 14.2. The molecule has 6 heteroatoms. The number of carbonyl (C=O) groups excluding carboxylic acids is 1. The number of likely N-dealkylation sites (N-methyl/N-ethyl adjacent to an activating group) is 1. The van der Waals surface area contributed by atoms with E-state index >= 15 is 0 Å². The minimum atomic E-state index is -0.978. The third-order valence-electron chi connectivity index (χ3n) is 3.57. The van der Waals surface area contributed by atoms with E-state index in [-0.39, 0.29) is 29.7 Å². The Morgan fingerprint density at radius 3 is 2.22 bits per heavy atom. The minimum Gasteiger partial charge on any atom is -0.478 e. The molecule has 1 unspecified atom stereocenters. The Hall–Kier alpha value is -2.08. The van der Waals surface area contributed by atoms with Crippen molar-refractivity contribution in [1.29, 1.82) is 0 Å². The molecule has 0 heterocycles. The van der Waals surface area contributed by atoms with Crippen molar-refractivity contribution in [1.82, 2.24) is 10.2 Å². The highest BCUT2D eigenvalue weighted by Crippen LogP contribution is 2.23. The number of aliphatic hydroxyl groups excluding tert-OH is 1. The maximum absolute atomic E-state index is 12.2. The van der Waals surface area contributed by atoms with Crippen LogP contribution in [0.2, 0.25) is 0 Å². The highest BCUT2D eigenvalue weighted by Gasteiger charge is 2.24. The Morgan fingerprint density at radius 1 is 1.22 bits per heavy atom. The van der Waals surface area contributed by atoms with E-state index < -0.39 is 5.97 Å². The molecule has 0 fully saturated rings. The fourth-order valence-corrected chi connectivity index (χ4v) is 2.26. The maximum Gasteiger partial charge on any atom is 0.335 e. The number of aliphatic hydroxyl groups is 1. The zero-order valence-electron chi connectivity index (χ0n) is 14.2. The number of hydrogen-bond acceptors (Lipinski definition) is 3. The van der Waals surface area contributed by atoms with Crippen LogP contribution in [-0.2, 0) is 6.54 Å². The molecule has 6 nitrogen and oxygen atoms in total. The largest absolute Gasteiger partial charge is 0.478 e. The van der Waals surface area contributed by atoms with Crippen LogP contribution in [0.1, 0.15) is 43.1 Å². The van der Waals surface area contributed by atoms with Crippen LogP contribution in [0.5, 0.6) is 0 Å². The summed E-state index contributed by atoms with van der Waals surface area (Å²) in [6, 6.07) is 5.83. The number of urea groups is 1. The third-order valence-corrected chi connectivity index (χ3v) is 3.57. The summed E-state index contributed by atoms with van der Waals surface area (Å²) in [6.07, 6.45) is 0.695. The average Bonchev–Trinajstić information content (AvgIpc) is 2.49. The van der Waals surface area contributed by atoms with Crippen LogP contribution in [0, 0.1) is 5.41 Å². The van der Waals surface area contributed by atoms with Crippen molar-refractivity contribution in [3.05, 3.63) is 35.4 Å². The molecule has 0 aliphatic rings. The Balaban J connectivity index is 2.59. The summed E-state index contributed by atoms with van der Waals surface area (Å²) in [4.78, 5) is 24.5. The molecular weight excluding hydrogens is 296 g/mol. The average molecular weight is 322 g/mol. The Labute approximate surface area is 137 Å². The van der Waals surface area contributed by atoms with Gasteiger partial charge >= 0.3 is 12.0 Å². The molecule has 2 amide bonds. The lowest BCUT2D eigenvalue weighted by molar-refractivity contribution is 0.0696. The van der Waals surface area contributed by atoms with Crippen LogP contribution >= 0.6 is 0 Å². The van der Waals surface area contributed by atoms with Gasteiger partial charge in [0.1, 0.15) is 0 Å². The summed E-state index contributed by atoms with van der Waals surface area (Å²) >= 11 is 0. The van der Waals surface area contributed by atoms with E-state index in [1.807, 2.05) is 0 Å². The number of hydrogen-bond donors (Lipinski definition) is 3. The molecule has 0 radical (unpaired) electrons. The van der Waals surface area contributed by atoms with Gasteiger partial charge in [-0.2, -0.15) is 0 Å². The predicted molar refractivity (Wildman–Crippen MR) is 88.3 cm³/mol. The molecule has 0 bridgehead atoms. The lowest BCUT2D eigenvalue weighted by Crippen LogP contribution is -2.46. The van der Waals surface area contributed by atoms with Gasteiger partial charge in [-0.3, -0.25) is 0 Å². The molecule has 23 heavy (non-hydrogen) atoms. The highest BCUT2D eigenvalue weighted by molar-refractivity contribution is 5.87. The Morgan fingerprint density at radius 2 is 1.78 bits per heavy atom. The van der Waals surface area contributed by atoms with Crippen LogP contribution in [0.4, 0.5) is 4.79 Å². The molecule has 1 aromatic rings. The van der Waals surface area contributed by atoms with Gasteiger partial charge in [-0.25, -0.2) is 9.59 Å². The van der Waals surface area contributed by atoms with Crippen molar-refractivity contribution >= 4 is 12.0 Å². The van der Waals surface area contributed by atoms with Gasteiger partial charge in [0.2, 0.25) is 0 Å². The van der Waals surface area contributed by atoms with E-state index in [2.05, 4.69) is 26.1 Å². The maximum atomic E-state index is 12.2. The van der Waals surface area contributed by atoms with Gasteiger partial charge in [0, 0.05) is 13.6 Å². The normalized spacial score (nSPS) is 12.6. The van der Waals surface area contributed by atoms with E-state index in [1.165, 1.54) is 17.0 Å². The third kappa shape index (κ3) is 6.28. The van der Waals surface area contributed by atoms with Gasteiger partial charge in [0.25, 0.3) is 0 Å². The number of rotatable bonds is 6. The van der Waals surface area contributed by atoms with Crippen molar-refractivity contribution in [2.24, 2.45) is 5.41 Å². The van der Waals surface area contributed by atoms with Gasteiger partial charge in [0.05, 0.1) is 18.2 Å². The van der Waals surface area contributed by atoms with E-state index in [1.54, 1.807) is 19.2 Å². The van der Waals surface area contributed by atoms with Crippen LogP contribution in [0.15, 0.2) is 24.3 Å². The molecule has 0 aromatic heterocycles. The molecule has 1 atom stereocenters. The van der Waals surface area contributed by atoms with Crippen molar-refractivity contribution in [3.63, 3.8) is 0 Å². The number of amides is 2. The van der Waals surface area contributed by atoms with Crippen LogP contribution < -0.4 is 5.32 Å². The summed E-state index contributed by atoms with van der Waals surface area (Å²) in [5, 5.41) is 21.1. The van der Waals surface area contributed by atoms with Gasteiger partial charge in [-0.05, 0) is 29.5 Å². The fourth-order valence-electron chi connectivity index (χ4n) is 2.26. The van der Waals surface area contributed by atoms with Gasteiger partial charge < -0.3 is 20.4 Å². The lowest BCUT2D eigenvalue weighted by atomic mass is 9.88. The monoisotopic (exact) mass is 322 g/mol. The molecule has 3 N–H and O–H groups in total. The number of benzene rings is 1. The summed E-state index contributed by atoms with van der Waals surface area (Å²) in [5.41, 5.74) is 1.03. The molecule has 0 aliphatic heterocycles. The van der Waals surface area contributed by atoms with E-state index in [9.17, 15) is 14.7 Å². The second-order valence-electron chi connectivity index (χ2n) is 6.87. The first-order valence-corrected chi connectivity index (χ1v) is 7.58. The molecule has 1 aromatic carbocycles. The van der Waals surface area contributed by atoms with Crippen LogP contribution in [0.3, 0.4) is 0 Å². The molecule has 0 saturated carbocycles. The van der Waals surface area contributed by atoms with Crippen molar-refractivity contribution in [2.75, 3.05) is 13.7 Å². The van der Waals surface area contributed by atoms with Gasteiger partial charge in [-0.15, -0.1) is 0 Å². The first-order chi connectivity index (χ1) is 10.6. The van der Waals surface area contributed by atoms with E-state index in [0.717, 1.165) is 5.56 Å². The number of nitrogens with one attached hydrogen (secondary N) is 1. The fraction of sp³-hybridized carbons (Fsp3) is 0.529. The lowest BCUT2D eigenvalue weighted by Gasteiger charge is -2.32. The smallest absolute Gasteiger partial charge is 0.335 e. The number of aromatic carboxylic acids is 1. The predicted octanol–water partition coefficient (Wildman–Crippen LogP) is 2.32. The van der Waals surface area contributed by atoms with E-state index in [0.29, 0.717) is 13.0 Å². The summed E-state index contributed by atoms with van der Waals surface area (Å²) in [5.74, 6) is -0.978. The second kappa shape index (κ2) is 7.97. The Bertz CT molecular complexity index is 535. The summed E-state index contributed by atoms with van der Waals surface area (Å²) in [7, 11) is 1.66. The molecular formula is C17H26N2O4. The number of carboxylic acid groups (broad SMARTS) is 1. The van der Waals surface area contributed by atoms with E-state index in [4.69, 9.17) is 5.11 Å². The first kappa shape index (κ1) is 19.0. The molecule has 0 saturated heterocycles. The molecule has 0 spiro atoms. The zero-order chi connectivity index (χ0) is 17.6. The standard InChI is InChI=1S/C17H26N2O4/c1-17(2,3)9-14(11-20)19(4)16(23)18-10-12-5-7-13(8-6-12)15(21)22/h5-8,14,20H,9-11H2,1-4H3,(H,18,23)(H,21,22). The number of carboxylic acids is 1. The van der Waals surface area contributed by atoms with Crippen LogP contribution in [0.25, 0.3) is 0 Å². The SMILES string of the molecule is CN(C(=O)NCc1ccc(C(=O)O)cc1)C(CO)CC(C)(C)C.